The Morgan fingerprint density at radius 2 is 1.79 bits per heavy atom. The van der Waals surface area contributed by atoms with Crippen molar-refractivity contribution in [2.24, 2.45) is 11.3 Å². The Balaban J connectivity index is 2.84. The van der Waals surface area contributed by atoms with Crippen molar-refractivity contribution < 1.29 is 28.7 Å². The first kappa shape index (κ1) is 15.1. The molecule has 1 fully saturated rings. The molecule has 0 bridgehead atoms. The van der Waals surface area contributed by atoms with E-state index in [1.54, 1.807) is 0 Å². The average molecular weight is 271 g/mol. The summed E-state index contributed by atoms with van der Waals surface area (Å²) in [7, 11) is 2.46. The van der Waals surface area contributed by atoms with Crippen molar-refractivity contribution in [2.45, 2.75) is 26.2 Å². The first-order valence-corrected chi connectivity index (χ1v) is 5.84. The Morgan fingerprint density at radius 3 is 2.32 bits per heavy atom. The molecule has 0 unspecified atom stereocenters. The first-order valence-electron chi connectivity index (χ1n) is 5.84. The Kier molecular flexibility index (Phi) is 4.63. The van der Waals surface area contributed by atoms with Crippen molar-refractivity contribution in [2.75, 3.05) is 14.2 Å². The van der Waals surface area contributed by atoms with E-state index < -0.39 is 35.1 Å². The van der Waals surface area contributed by atoms with E-state index in [2.05, 4.69) is 14.8 Å². The van der Waals surface area contributed by atoms with Gasteiger partial charge in [0.1, 0.15) is 0 Å². The molecule has 1 saturated heterocycles. The van der Waals surface area contributed by atoms with Crippen LogP contribution in [-0.2, 0) is 28.7 Å². The van der Waals surface area contributed by atoms with E-state index in [0.717, 1.165) is 0 Å². The largest absolute Gasteiger partial charge is 0.469 e. The molecule has 2 atom stereocenters. The summed E-state index contributed by atoms with van der Waals surface area (Å²) in [5.74, 6) is -2.76. The van der Waals surface area contributed by atoms with Gasteiger partial charge < -0.3 is 9.47 Å². The van der Waals surface area contributed by atoms with Crippen LogP contribution in [0.25, 0.3) is 0 Å². The summed E-state index contributed by atoms with van der Waals surface area (Å²) in [6, 6.07) is 0. The number of imide groups is 1. The molecule has 2 amide bonds. The van der Waals surface area contributed by atoms with Gasteiger partial charge in [-0.1, -0.05) is 0 Å². The van der Waals surface area contributed by atoms with Gasteiger partial charge in [0, 0.05) is 6.42 Å². The van der Waals surface area contributed by atoms with Gasteiger partial charge in [-0.25, -0.2) is 0 Å². The van der Waals surface area contributed by atoms with E-state index in [4.69, 9.17) is 0 Å². The Labute approximate surface area is 110 Å². The molecule has 0 aliphatic carbocycles. The van der Waals surface area contributed by atoms with Crippen molar-refractivity contribution in [1.29, 1.82) is 0 Å². The fourth-order valence-electron chi connectivity index (χ4n) is 2.18. The van der Waals surface area contributed by atoms with Crippen molar-refractivity contribution >= 4 is 23.8 Å². The van der Waals surface area contributed by atoms with Gasteiger partial charge in [-0.15, -0.1) is 0 Å². The van der Waals surface area contributed by atoms with Gasteiger partial charge in [-0.05, 0) is 13.3 Å². The minimum atomic E-state index is -1.18. The molecule has 1 rings (SSSR count). The molecule has 0 radical (unpaired) electrons. The highest BCUT2D eigenvalue weighted by atomic mass is 16.5. The van der Waals surface area contributed by atoms with Crippen LogP contribution in [0.4, 0.5) is 0 Å². The Bertz CT molecular complexity index is 418. The molecule has 0 aromatic rings. The van der Waals surface area contributed by atoms with Gasteiger partial charge in [0.05, 0.1) is 32.0 Å². The lowest BCUT2D eigenvalue weighted by atomic mass is 9.74. The van der Waals surface area contributed by atoms with E-state index in [0.29, 0.717) is 0 Å². The first-order chi connectivity index (χ1) is 8.85. The summed E-state index contributed by atoms with van der Waals surface area (Å²) in [4.78, 5) is 46.0. The minimum absolute atomic E-state index is 0.0125. The molecule has 1 aliphatic rings. The lowest BCUT2D eigenvalue weighted by molar-refractivity contribution is -0.147. The maximum Gasteiger partial charge on any atom is 0.306 e. The van der Waals surface area contributed by atoms with Crippen LogP contribution in [0, 0.1) is 11.3 Å². The van der Waals surface area contributed by atoms with Crippen molar-refractivity contribution in [3.63, 3.8) is 0 Å². The van der Waals surface area contributed by atoms with Crippen LogP contribution in [0.1, 0.15) is 26.2 Å². The number of amides is 2. The highest BCUT2D eigenvalue weighted by molar-refractivity contribution is 6.08. The third kappa shape index (κ3) is 3.10. The standard InChI is InChI=1S/C12H17NO6/c1-12(6-9(15)19-3)7(4-5-8(14)18-2)10(16)13-11(12)17/h7H,4-6H2,1-3H3,(H,13,16,17)/t7-,12+/m0/s1. The quantitative estimate of drug-likeness (QED) is 0.548. The molecule has 1 aliphatic heterocycles. The van der Waals surface area contributed by atoms with Gasteiger partial charge in [0.15, 0.2) is 0 Å². The van der Waals surface area contributed by atoms with E-state index in [9.17, 15) is 19.2 Å². The monoisotopic (exact) mass is 271 g/mol. The third-order valence-corrected chi connectivity index (χ3v) is 3.45. The zero-order valence-electron chi connectivity index (χ0n) is 11.1. The maximum absolute atomic E-state index is 11.8. The van der Waals surface area contributed by atoms with Gasteiger partial charge in [0.25, 0.3) is 0 Å². The fourth-order valence-corrected chi connectivity index (χ4v) is 2.18. The molecular weight excluding hydrogens is 254 g/mol. The summed E-state index contributed by atoms with van der Waals surface area (Å²) in [5, 5.41) is 2.19. The summed E-state index contributed by atoms with van der Waals surface area (Å²) in [6.45, 7) is 1.52. The smallest absolute Gasteiger partial charge is 0.306 e. The SMILES string of the molecule is COC(=O)CC[C@H]1C(=O)NC(=O)[C@]1(C)CC(=O)OC. The van der Waals surface area contributed by atoms with Crippen LogP contribution >= 0.6 is 0 Å². The number of hydrogen-bond acceptors (Lipinski definition) is 6. The van der Waals surface area contributed by atoms with E-state index >= 15 is 0 Å². The van der Waals surface area contributed by atoms with E-state index in [1.807, 2.05) is 0 Å². The summed E-state index contributed by atoms with van der Waals surface area (Å²) < 4.78 is 9.03. The molecule has 0 aromatic carbocycles. The van der Waals surface area contributed by atoms with Crippen molar-refractivity contribution in [3.8, 4) is 0 Å². The normalized spacial score (nSPS) is 25.9. The Hall–Kier alpha value is -1.92. The third-order valence-electron chi connectivity index (χ3n) is 3.45. The predicted molar refractivity (Wildman–Crippen MR) is 62.6 cm³/mol. The van der Waals surface area contributed by atoms with Crippen LogP contribution in [0.5, 0.6) is 0 Å². The van der Waals surface area contributed by atoms with Gasteiger partial charge >= 0.3 is 11.9 Å². The van der Waals surface area contributed by atoms with Crippen LogP contribution in [0.3, 0.4) is 0 Å². The number of methoxy groups -OCH3 is 2. The summed E-state index contributed by atoms with van der Waals surface area (Å²) in [5.41, 5.74) is -1.18. The lowest BCUT2D eigenvalue weighted by Gasteiger charge is -2.25. The average Bonchev–Trinajstić information content (AvgIpc) is 2.57. The predicted octanol–water partition coefficient (Wildman–Crippen LogP) is -0.218. The van der Waals surface area contributed by atoms with Crippen molar-refractivity contribution in [1.82, 2.24) is 5.32 Å². The second-order valence-electron chi connectivity index (χ2n) is 4.66. The molecule has 7 heteroatoms. The Morgan fingerprint density at radius 1 is 1.21 bits per heavy atom. The van der Waals surface area contributed by atoms with Crippen LogP contribution in [0.2, 0.25) is 0 Å². The fraction of sp³-hybridized carbons (Fsp3) is 0.667. The molecule has 1 heterocycles. The topological polar surface area (TPSA) is 98.8 Å². The van der Waals surface area contributed by atoms with Crippen LogP contribution < -0.4 is 5.32 Å². The number of ether oxygens (including phenoxy) is 2. The molecule has 0 saturated carbocycles. The van der Waals surface area contributed by atoms with Crippen LogP contribution in [-0.4, -0.2) is 38.0 Å². The molecule has 0 spiro atoms. The second kappa shape index (κ2) is 5.81. The summed E-state index contributed by atoms with van der Waals surface area (Å²) >= 11 is 0. The zero-order valence-corrected chi connectivity index (χ0v) is 11.1. The number of rotatable bonds is 5. The van der Waals surface area contributed by atoms with E-state index in [-0.39, 0.29) is 19.3 Å². The molecule has 0 aromatic heterocycles. The number of carbonyl (C=O) groups excluding carboxylic acids is 4. The number of nitrogens with one attached hydrogen (secondary N) is 1. The highest BCUT2D eigenvalue weighted by Gasteiger charge is 2.52. The second-order valence-corrected chi connectivity index (χ2v) is 4.66. The molecule has 7 nitrogen and oxygen atoms in total. The number of hydrogen-bond donors (Lipinski definition) is 1. The molecule has 1 N–H and O–H groups in total. The van der Waals surface area contributed by atoms with Gasteiger partial charge in [0.2, 0.25) is 11.8 Å². The van der Waals surface area contributed by atoms with Crippen molar-refractivity contribution in [3.05, 3.63) is 0 Å². The molecular formula is C12H17NO6. The van der Waals surface area contributed by atoms with Gasteiger partial charge in [-0.3, -0.25) is 24.5 Å². The van der Waals surface area contributed by atoms with E-state index in [1.165, 1.54) is 21.1 Å². The minimum Gasteiger partial charge on any atom is -0.469 e. The molecule has 106 valence electrons. The number of esters is 2. The summed E-state index contributed by atoms with van der Waals surface area (Å²) in [6.07, 6.45) is -0.0384. The highest BCUT2D eigenvalue weighted by Crippen LogP contribution is 2.39. The van der Waals surface area contributed by atoms with Gasteiger partial charge in [-0.2, -0.15) is 0 Å². The lowest BCUT2D eigenvalue weighted by Crippen LogP contribution is -2.35. The zero-order chi connectivity index (χ0) is 14.6. The maximum atomic E-state index is 11.8. The van der Waals surface area contributed by atoms with Crippen LogP contribution in [0.15, 0.2) is 0 Å². The number of carbonyl (C=O) groups is 4. The molecule has 19 heavy (non-hydrogen) atoms.